The molecule has 1 N–H and O–H groups in total. The van der Waals surface area contributed by atoms with Gasteiger partial charge in [-0.05, 0) is 61.1 Å². The van der Waals surface area contributed by atoms with Gasteiger partial charge >= 0.3 is 0 Å². The predicted octanol–water partition coefficient (Wildman–Crippen LogP) is 5.66. The third-order valence-corrected chi connectivity index (χ3v) is 4.76. The van der Waals surface area contributed by atoms with Crippen LogP contribution in [-0.2, 0) is 12.8 Å². The topological polar surface area (TPSA) is 12.0 Å². The van der Waals surface area contributed by atoms with Crippen molar-refractivity contribution in [3.05, 3.63) is 63.1 Å². The van der Waals surface area contributed by atoms with E-state index in [0.29, 0.717) is 10.0 Å². The van der Waals surface area contributed by atoms with Gasteiger partial charge in [0.15, 0.2) is 0 Å². The third-order valence-electron chi connectivity index (χ3n) is 3.93. The summed E-state index contributed by atoms with van der Waals surface area (Å²) in [6, 6.07) is 12.5. The van der Waals surface area contributed by atoms with Gasteiger partial charge in [0.2, 0.25) is 0 Å². The lowest BCUT2D eigenvalue weighted by Crippen LogP contribution is -2.07. The maximum absolute atomic E-state index is 6.28. The summed E-state index contributed by atoms with van der Waals surface area (Å²) in [5.41, 5.74) is 5.14. The molecular formula is C17H17Cl2N. The fourth-order valence-electron chi connectivity index (χ4n) is 2.84. The van der Waals surface area contributed by atoms with Crippen LogP contribution >= 0.6 is 23.2 Å². The van der Waals surface area contributed by atoms with Crippen LogP contribution < -0.4 is 5.32 Å². The highest BCUT2D eigenvalue weighted by molar-refractivity contribution is 6.42. The van der Waals surface area contributed by atoms with Crippen molar-refractivity contribution in [3.8, 4) is 0 Å². The molecule has 0 fully saturated rings. The number of rotatable bonds is 3. The van der Waals surface area contributed by atoms with Gasteiger partial charge in [0, 0.05) is 5.69 Å². The van der Waals surface area contributed by atoms with E-state index < -0.39 is 0 Å². The highest BCUT2D eigenvalue weighted by Crippen LogP contribution is 2.32. The third kappa shape index (κ3) is 2.65. The molecule has 1 atom stereocenters. The van der Waals surface area contributed by atoms with E-state index in [0.717, 1.165) is 11.3 Å². The fourth-order valence-corrected chi connectivity index (χ4v) is 3.32. The molecule has 1 aliphatic rings. The smallest absolute Gasteiger partial charge is 0.0644 e. The van der Waals surface area contributed by atoms with Crippen molar-refractivity contribution in [2.24, 2.45) is 0 Å². The summed E-state index contributed by atoms with van der Waals surface area (Å²) in [4.78, 5) is 0. The van der Waals surface area contributed by atoms with E-state index in [9.17, 15) is 0 Å². The zero-order chi connectivity index (χ0) is 14.1. The molecule has 0 radical (unpaired) electrons. The van der Waals surface area contributed by atoms with Crippen molar-refractivity contribution in [1.29, 1.82) is 0 Å². The molecule has 0 aliphatic heterocycles. The second kappa shape index (κ2) is 5.67. The van der Waals surface area contributed by atoms with Crippen LogP contribution in [0.5, 0.6) is 0 Å². The number of hydrogen-bond acceptors (Lipinski definition) is 1. The molecule has 2 aromatic rings. The van der Waals surface area contributed by atoms with Crippen LogP contribution in [0.4, 0.5) is 5.69 Å². The summed E-state index contributed by atoms with van der Waals surface area (Å²) >= 11 is 12.4. The van der Waals surface area contributed by atoms with Gasteiger partial charge in [-0.15, -0.1) is 0 Å². The van der Waals surface area contributed by atoms with Crippen molar-refractivity contribution in [1.82, 2.24) is 0 Å². The lowest BCUT2D eigenvalue weighted by Gasteiger charge is -2.18. The summed E-state index contributed by atoms with van der Waals surface area (Å²) in [5, 5.41) is 4.75. The zero-order valence-corrected chi connectivity index (χ0v) is 12.9. The Bertz CT molecular complexity index is 637. The van der Waals surface area contributed by atoms with Crippen LogP contribution in [0.2, 0.25) is 10.0 Å². The lowest BCUT2D eigenvalue weighted by atomic mass is 10.1. The Labute approximate surface area is 129 Å². The number of benzene rings is 2. The Hall–Kier alpha value is -1.18. The summed E-state index contributed by atoms with van der Waals surface area (Å²) in [7, 11) is 0. The molecule has 2 aromatic carbocycles. The van der Waals surface area contributed by atoms with Crippen molar-refractivity contribution in [2.45, 2.75) is 32.2 Å². The van der Waals surface area contributed by atoms with Crippen molar-refractivity contribution < 1.29 is 0 Å². The van der Waals surface area contributed by atoms with Crippen LogP contribution in [0.3, 0.4) is 0 Å². The molecule has 1 unspecified atom stereocenters. The normalized spacial score (nSPS) is 14.9. The largest absolute Gasteiger partial charge is 0.378 e. The quantitative estimate of drug-likeness (QED) is 0.772. The first kappa shape index (κ1) is 13.8. The van der Waals surface area contributed by atoms with Crippen molar-refractivity contribution in [3.63, 3.8) is 0 Å². The monoisotopic (exact) mass is 305 g/mol. The molecule has 0 bridgehead atoms. The number of aryl methyl sites for hydroxylation is 2. The SMILES string of the molecule is CC(Nc1ccc2c(c1)CCC2)c1cccc(Cl)c1Cl. The van der Waals surface area contributed by atoms with Gasteiger partial charge in [-0.1, -0.05) is 41.4 Å². The molecule has 0 amide bonds. The van der Waals surface area contributed by atoms with Crippen LogP contribution in [0.1, 0.15) is 36.1 Å². The Kier molecular flexibility index (Phi) is 3.91. The van der Waals surface area contributed by atoms with Crippen LogP contribution in [0.15, 0.2) is 36.4 Å². The maximum atomic E-state index is 6.28. The minimum absolute atomic E-state index is 0.126. The van der Waals surface area contributed by atoms with E-state index in [-0.39, 0.29) is 6.04 Å². The molecule has 3 heteroatoms. The number of anilines is 1. The molecule has 104 valence electrons. The van der Waals surface area contributed by atoms with Gasteiger partial charge in [-0.2, -0.15) is 0 Å². The van der Waals surface area contributed by atoms with E-state index in [1.54, 1.807) is 0 Å². The molecule has 1 nitrogen and oxygen atoms in total. The van der Waals surface area contributed by atoms with Gasteiger partial charge in [0.1, 0.15) is 0 Å². The Morgan fingerprint density at radius 1 is 1.05 bits per heavy atom. The Morgan fingerprint density at radius 2 is 1.85 bits per heavy atom. The molecule has 0 aromatic heterocycles. The minimum Gasteiger partial charge on any atom is -0.378 e. The van der Waals surface area contributed by atoms with Crippen LogP contribution in [-0.4, -0.2) is 0 Å². The Morgan fingerprint density at radius 3 is 2.70 bits per heavy atom. The molecule has 0 heterocycles. The van der Waals surface area contributed by atoms with E-state index in [2.05, 4.69) is 30.4 Å². The number of hydrogen-bond donors (Lipinski definition) is 1. The highest BCUT2D eigenvalue weighted by Gasteiger charge is 2.14. The second-order valence-corrected chi connectivity index (χ2v) is 6.13. The van der Waals surface area contributed by atoms with Gasteiger partial charge in [0.05, 0.1) is 16.1 Å². The van der Waals surface area contributed by atoms with Crippen LogP contribution in [0.25, 0.3) is 0 Å². The van der Waals surface area contributed by atoms with E-state index in [1.807, 2.05) is 18.2 Å². The van der Waals surface area contributed by atoms with Gasteiger partial charge in [0.25, 0.3) is 0 Å². The van der Waals surface area contributed by atoms with E-state index >= 15 is 0 Å². The number of fused-ring (bicyclic) bond motifs is 1. The zero-order valence-electron chi connectivity index (χ0n) is 11.4. The average molecular weight is 306 g/mol. The lowest BCUT2D eigenvalue weighted by molar-refractivity contribution is 0.884. The Balaban J connectivity index is 1.82. The summed E-state index contributed by atoms with van der Waals surface area (Å²) < 4.78 is 0. The first-order valence-electron chi connectivity index (χ1n) is 6.97. The van der Waals surface area contributed by atoms with Gasteiger partial charge in [-0.3, -0.25) is 0 Å². The molecule has 0 saturated heterocycles. The highest BCUT2D eigenvalue weighted by atomic mass is 35.5. The molecule has 1 aliphatic carbocycles. The van der Waals surface area contributed by atoms with Crippen molar-refractivity contribution in [2.75, 3.05) is 5.32 Å². The standard InChI is InChI=1S/C17H17Cl2N/c1-11(15-6-3-7-16(18)17(15)19)20-14-9-8-12-4-2-5-13(12)10-14/h3,6-11,20H,2,4-5H2,1H3. The fraction of sp³-hybridized carbons (Fsp3) is 0.294. The predicted molar refractivity (Wildman–Crippen MR) is 87.0 cm³/mol. The molecule has 0 spiro atoms. The molecule has 3 rings (SSSR count). The average Bonchev–Trinajstić information content (AvgIpc) is 2.89. The summed E-state index contributed by atoms with van der Waals surface area (Å²) in [6.07, 6.45) is 3.68. The van der Waals surface area contributed by atoms with E-state index in [1.165, 1.54) is 30.4 Å². The van der Waals surface area contributed by atoms with Gasteiger partial charge in [-0.25, -0.2) is 0 Å². The first-order chi connectivity index (χ1) is 9.65. The second-order valence-electron chi connectivity index (χ2n) is 5.35. The number of nitrogens with one attached hydrogen (secondary N) is 1. The summed E-state index contributed by atoms with van der Waals surface area (Å²) in [5.74, 6) is 0. The van der Waals surface area contributed by atoms with Crippen molar-refractivity contribution >= 4 is 28.9 Å². The number of halogens is 2. The molecule has 0 saturated carbocycles. The van der Waals surface area contributed by atoms with E-state index in [4.69, 9.17) is 23.2 Å². The first-order valence-corrected chi connectivity index (χ1v) is 7.73. The molecule has 20 heavy (non-hydrogen) atoms. The maximum Gasteiger partial charge on any atom is 0.0644 e. The van der Waals surface area contributed by atoms with Gasteiger partial charge < -0.3 is 5.32 Å². The summed E-state index contributed by atoms with van der Waals surface area (Å²) in [6.45, 7) is 2.10. The minimum atomic E-state index is 0.126. The molecular weight excluding hydrogens is 289 g/mol. The van der Waals surface area contributed by atoms with Crippen LogP contribution in [0, 0.1) is 0 Å².